The number of nitrogens with zero attached hydrogens (tertiary/aromatic N) is 2. The first-order valence-electron chi connectivity index (χ1n) is 6.51. The van der Waals surface area contributed by atoms with Gasteiger partial charge in [-0.2, -0.15) is 0 Å². The largest absolute Gasteiger partial charge is 0.334 e. The summed E-state index contributed by atoms with van der Waals surface area (Å²) in [5.74, 6) is 1.12. The molecule has 0 radical (unpaired) electrons. The third-order valence-electron chi connectivity index (χ3n) is 3.53. The number of aryl methyl sites for hydroxylation is 1. The minimum absolute atomic E-state index is 1.06. The fraction of sp³-hybridized carbons (Fsp3) is 0.500. The summed E-state index contributed by atoms with van der Waals surface area (Å²) in [6.45, 7) is 11.2. The summed E-state index contributed by atoms with van der Waals surface area (Å²) in [6, 6.07) is 8.38. The van der Waals surface area contributed by atoms with E-state index >= 15 is 0 Å². The van der Waals surface area contributed by atoms with Crippen molar-refractivity contribution in [3.05, 3.63) is 30.1 Å². The van der Waals surface area contributed by atoms with Crippen LogP contribution in [0.5, 0.6) is 0 Å². The van der Waals surface area contributed by atoms with Crippen molar-refractivity contribution in [1.82, 2.24) is 9.55 Å². The van der Waals surface area contributed by atoms with E-state index < -0.39 is 0 Å². The molecule has 0 fully saturated rings. The molecular formula is C14H22N3+. The molecule has 0 aliphatic heterocycles. The number of rotatable bonds is 5. The molecule has 2 rings (SSSR count). The lowest BCUT2D eigenvalue weighted by Gasteiger charge is -2.16. The van der Waals surface area contributed by atoms with Gasteiger partial charge in [-0.25, -0.2) is 4.98 Å². The van der Waals surface area contributed by atoms with Crippen molar-refractivity contribution in [1.29, 1.82) is 0 Å². The van der Waals surface area contributed by atoms with Crippen LogP contribution in [0.25, 0.3) is 11.0 Å². The topological polar surface area (TPSA) is 22.3 Å². The van der Waals surface area contributed by atoms with E-state index in [-0.39, 0.29) is 0 Å². The minimum atomic E-state index is 1.06. The number of quaternary nitrogens is 1. The number of nitrogens with one attached hydrogen (secondary N) is 1. The van der Waals surface area contributed by atoms with Gasteiger partial charge in [-0.3, -0.25) is 0 Å². The molecule has 0 aliphatic carbocycles. The molecule has 1 aromatic carbocycles. The van der Waals surface area contributed by atoms with Gasteiger partial charge in [-0.05, 0) is 32.9 Å². The average Bonchev–Trinajstić information content (AvgIpc) is 2.67. The van der Waals surface area contributed by atoms with E-state index in [9.17, 15) is 0 Å². The van der Waals surface area contributed by atoms with Crippen LogP contribution in [0.3, 0.4) is 0 Å². The van der Waals surface area contributed by atoms with Crippen LogP contribution in [0.2, 0.25) is 0 Å². The Labute approximate surface area is 103 Å². The number of fused-ring (bicyclic) bond motifs is 1. The summed E-state index contributed by atoms with van der Waals surface area (Å²) in [5.41, 5.74) is 2.37. The Morgan fingerprint density at radius 2 is 1.88 bits per heavy atom. The van der Waals surface area contributed by atoms with Gasteiger partial charge >= 0.3 is 0 Å². The lowest BCUT2D eigenvalue weighted by Crippen LogP contribution is -3.11. The number of hydrogen-bond donors (Lipinski definition) is 1. The zero-order valence-electron chi connectivity index (χ0n) is 11.0. The second-order valence-corrected chi connectivity index (χ2v) is 4.51. The molecule has 0 bridgehead atoms. The highest BCUT2D eigenvalue weighted by molar-refractivity contribution is 5.75. The van der Waals surface area contributed by atoms with E-state index in [0.29, 0.717) is 0 Å². The molecule has 0 saturated heterocycles. The molecular weight excluding hydrogens is 210 g/mol. The summed E-state index contributed by atoms with van der Waals surface area (Å²) in [6.07, 6.45) is 0. The zero-order chi connectivity index (χ0) is 12.3. The number of para-hydroxylation sites is 2. The number of likely N-dealkylation sites (N-methyl/N-ethyl adjacent to an activating group) is 1. The highest BCUT2D eigenvalue weighted by atomic mass is 15.2. The number of hydrogen-bond acceptors (Lipinski definition) is 1. The van der Waals surface area contributed by atoms with E-state index in [1.54, 1.807) is 4.90 Å². The Kier molecular flexibility index (Phi) is 3.79. The fourth-order valence-electron chi connectivity index (χ4n) is 2.35. The molecule has 3 nitrogen and oxygen atoms in total. The van der Waals surface area contributed by atoms with Gasteiger partial charge < -0.3 is 9.47 Å². The third-order valence-corrected chi connectivity index (χ3v) is 3.53. The van der Waals surface area contributed by atoms with Crippen molar-refractivity contribution in [3.8, 4) is 0 Å². The first kappa shape index (κ1) is 12.1. The van der Waals surface area contributed by atoms with Crippen LogP contribution in [0.1, 0.15) is 19.7 Å². The second-order valence-electron chi connectivity index (χ2n) is 4.51. The monoisotopic (exact) mass is 232 g/mol. The number of aromatic nitrogens is 2. The first-order valence-corrected chi connectivity index (χ1v) is 6.51. The van der Waals surface area contributed by atoms with Crippen molar-refractivity contribution >= 4 is 11.0 Å². The molecule has 1 heterocycles. The fourth-order valence-corrected chi connectivity index (χ4v) is 2.35. The van der Waals surface area contributed by atoms with Gasteiger partial charge in [0.25, 0.3) is 0 Å². The van der Waals surface area contributed by atoms with E-state index in [1.165, 1.54) is 25.2 Å². The molecule has 0 spiro atoms. The summed E-state index contributed by atoms with van der Waals surface area (Å²) < 4.78 is 2.33. The Hall–Kier alpha value is -1.35. The highest BCUT2D eigenvalue weighted by Crippen LogP contribution is 2.14. The molecule has 1 aromatic heterocycles. The third kappa shape index (κ3) is 2.50. The quantitative estimate of drug-likeness (QED) is 0.824. The van der Waals surface area contributed by atoms with Crippen LogP contribution in [-0.2, 0) is 6.54 Å². The van der Waals surface area contributed by atoms with E-state index in [2.05, 4.69) is 54.6 Å². The smallest absolute Gasteiger partial charge is 0.106 e. The molecule has 2 aromatic rings. The standard InChI is InChI=1S/C14H21N3/c1-4-16(5-2)10-11-17-12(3)15-13-8-6-7-9-14(13)17/h6-9H,4-5,10-11H2,1-3H3/p+1. The van der Waals surface area contributed by atoms with Crippen molar-refractivity contribution < 1.29 is 4.90 Å². The van der Waals surface area contributed by atoms with Crippen LogP contribution in [-0.4, -0.2) is 29.2 Å². The number of imidazole rings is 1. The maximum atomic E-state index is 4.60. The van der Waals surface area contributed by atoms with E-state index in [1.807, 2.05) is 0 Å². The molecule has 3 heteroatoms. The molecule has 0 aliphatic rings. The highest BCUT2D eigenvalue weighted by Gasteiger charge is 2.09. The average molecular weight is 232 g/mol. The van der Waals surface area contributed by atoms with Crippen molar-refractivity contribution in [2.24, 2.45) is 0 Å². The van der Waals surface area contributed by atoms with E-state index in [4.69, 9.17) is 0 Å². The Balaban J connectivity index is 2.20. The summed E-state index contributed by atoms with van der Waals surface area (Å²) in [7, 11) is 0. The van der Waals surface area contributed by atoms with Gasteiger partial charge in [0, 0.05) is 0 Å². The van der Waals surface area contributed by atoms with Crippen LogP contribution < -0.4 is 4.90 Å². The second kappa shape index (κ2) is 5.32. The predicted octanol–water partition coefficient (Wildman–Crippen LogP) is 1.27. The maximum absolute atomic E-state index is 4.60. The van der Waals surface area contributed by atoms with Crippen molar-refractivity contribution in [3.63, 3.8) is 0 Å². The van der Waals surface area contributed by atoms with Crippen LogP contribution >= 0.6 is 0 Å². The normalized spacial score (nSPS) is 11.5. The molecule has 0 atom stereocenters. The van der Waals surface area contributed by atoms with Crippen molar-refractivity contribution in [2.75, 3.05) is 19.6 Å². The zero-order valence-corrected chi connectivity index (χ0v) is 11.0. The summed E-state index contributed by atoms with van der Waals surface area (Å²) in [4.78, 5) is 6.24. The molecule has 17 heavy (non-hydrogen) atoms. The maximum Gasteiger partial charge on any atom is 0.106 e. The Bertz CT molecular complexity index is 483. The SMILES string of the molecule is CC[NH+](CC)CCn1c(C)nc2ccccc21. The summed E-state index contributed by atoms with van der Waals surface area (Å²) in [5, 5.41) is 0. The van der Waals surface area contributed by atoms with Gasteiger partial charge in [-0.1, -0.05) is 12.1 Å². The lowest BCUT2D eigenvalue weighted by molar-refractivity contribution is -0.897. The van der Waals surface area contributed by atoms with Gasteiger partial charge in [0.1, 0.15) is 5.82 Å². The molecule has 0 amide bonds. The van der Waals surface area contributed by atoms with Gasteiger partial charge in [0.15, 0.2) is 0 Å². The molecule has 0 saturated carbocycles. The van der Waals surface area contributed by atoms with E-state index in [0.717, 1.165) is 17.9 Å². The van der Waals surface area contributed by atoms with Crippen molar-refractivity contribution in [2.45, 2.75) is 27.3 Å². The Morgan fingerprint density at radius 1 is 1.18 bits per heavy atom. The first-order chi connectivity index (χ1) is 8.26. The van der Waals surface area contributed by atoms with Crippen LogP contribution in [0.15, 0.2) is 24.3 Å². The van der Waals surface area contributed by atoms with Crippen LogP contribution in [0, 0.1) is 6.92 Å². The van der Waals surface area contributed by atoms with Gasteiger partial charge in [-0.15, -0.1) is 0 Å². The number of benzene rings is 1. The molecule has 92 valence electrons. The van der Waals surface area contributed by atoms with Crippen LogP contribution in [0.4, 0.5) is 0 Å². The predicted molar refractivity (Wildman–Crippen MR) is 71.4 cm³/mol. The lowest BCUT2D eigenvalue weighted by atomic mass is 10.3. The van der Waals surface area contributed by atoms with Gasteiger partial charge in [0.2, 0.25) is 0 Å². The minimum Gasteiger partial charge on any atom is -0.334 e. The Morgan fingerprint density at radius 3 is 2.59 bits per heavy atom. The van der Waals surface area contributed by atoms with Gasteiger partial charge in [0.05, 0.1) is 37.2 Å². The molecule has 0 unspecified atom stereocenters. The molecule has 1 N–H and O–H groups in total. The summed E-state index contributed by atoms with van der Waals surface area (Å²) >= 11 is 0.